The fourth-order valence-electron chi connectivity index (χ4n) is 2.25. The Hall–Kier alpha value is -0.740. The number of nitrogens with two attached hydrogens (primary N) is 1. The Bertz CT molecular complexity index is 397. The molecule has 0 bridgehead atoms. The van der Waals surface area contributed by atoms with Gasteiger partial charge in [0.1, 0.15) is 5.75 Å². The number of anilines is 1. The highest BCUT2D eigenvalue weighted by Crippen LogP contribution is 2.31. The van der Waals surface area contributed by atoms with E-state index in [-0.39, 0.29) is 0 Å². The molecule has 1 aromatic carbocycles. The molecule has 0 saturated carbocycles. The SMILES string of the molecule is COc1ccc(N2CCC(N)C(C)C2)cc1Br. The van der Waals surface area contributed by atoms with Crippen molar-refractivity contribution in [3.8, 4) is 5.75 Å². The average Bonchev–Trinajstić information content (AvgIpc) is 2.32. The molecule has 2 rings (SSSR count). The van der Waals surface area contributed by atoms with Gasteiger partial charge in [-0.15, -0.1) is 0 Å². The molecule has 1 heterocycles. The van der Waals surface area contributed by atoms with E-state index in [1.54, 1.807) is 7.11 Å². The molecule has 1 aliphatic heterocycles. The molecule has 1 saturated heterocycles. The van der Waals surface area contributed by atoms with Crippen LogP contribution in [0.3, 0.4) is 0 Å². The summed E-state index contributed by atoms with van der Waals surface area (Å²) in [6.07, 6.45) is 1.06. The quantitative estimate of drug-likeness (QED) is 0.912. The maximum absolute atomic E-state index is 6.04. The summed E-state index contributed by atoms with van der Waals surface area (Å²) in [7, 11) is 1.68. The summed E-state index contributed by atoms with van der Waals surface area (Å²) in [4.78, 5) is 2.39. The van der Waals surface area contributed by atoms with Crippen LogP contribution in [-0.2, 0) is 0 Å². The Kier molecular flexibility index (Phi) is 3.94. The highest BCUT2D eigenvalue weighted by atomic mass is 79.9. The van der Waals surface area contributed by atoms with E-state index in [9.17, 15) is 0 Å². The molecule has 0 aromatic heterocycles. The number of halogens is 1. The van der Waals surface area contributed by atoms with Crippen molar-refractivity contribution in [2.45, 2.75) is 19.4 Å². The van der Waals surface area contributed by atoms with Gasteiger partial charge >= 0.3 is 0 Å². The van der Waals surface area contributed by atoms with Crippen molar-refractivity contribution in [1.82, 2.24) is 0 Å². The minimum absolute atomic E-state index is 0.341. The summed E-state index contributed by atoms with van der Waals surface area (Å²) < 4.78 is 6.24. The maximum Gasteiger partial charge on any atom is 0.133 e. The van der Waals surface area contributed by atoms with Crippen molar-refractivity contribution in [3.63, 3.8) is 0 Å². The first-order valence-corrected chi connectivity index (χ1v) is 6.75. The van der Waals surface area contributed by atoms with E-state index in [4.69, 9.17) is 10.5 Å². The fraction of sp³-hybridized carbons (Fsp3) is 0.538. The van der Waals surface area contributed by atoms with Gasteiger partial charge in [0.15, 0.2) is 0 Å². The van der Waals surface area contributed by atoms with Gasteiger partial charge in [0.25, 0.3) is 0 Å². The van der Waals surface area contributed by atoms with Crippen molar-refractivity contribution < 1.29 is 4.74 Å². The predicted molar refractivity (Wildman–Crippen MR) is 74.7 cm³/mol. The Morgan fingerprint density at radius 1 is 1.47 bits per heavy atom. The third kappa shape index (κ3) is 2.75. The van der Waals surface area contributed by atoms with Crippen molar-refractivity contribution >= 4 is 21.6 Å². The van der Waals surface area contributed by atoms with Crippen LogP contribution in [0.2, 0.25) is 0 Å². The third-order valence-electron chi connectivity index (χ3n) is 3.47. The van der Waals surface area contributed by atoms with Gasteiger partial charge in [-0.3, -0.25) is 0 Å². The molecule has 94 valence electrons. The van der Waals surface area contributed by atoms with Crippen molar-refractivity contribution in [2.75, 3.05) is 25.1 Å². The number of hydrogen-bond donors (Lipinski definition) is 1. The number of piperidine rings is 1. The summed E-state index contributed by atoms with van der Waals surface area (Å²) >= 11 is 3.52. The second kappa shape index (κ2) is 5.27. The fourth-order valence-corrected chi connectivity index (χ4v) is 2.78. The van der Waals surface area contributed by atoms with E-state index >= 15 is 0 Å². The zero-order valence-corrected chi connectivity index (χ0v) is 11.9. The summed E-state index contributed by atoms with van der Waals surface area (Å²) in [6.45, 7) is 4.28. The second-order valence-corrected chi connectivity index (χ2v) is 5.55. The molecular weight excluding hydrogens is 280 g/mol. The van der Waals surface area contributed by atoms with Crippen LogP contribution in [0.4, 0.5) is 5.69 Å². The lowest BCUT2D eigenvalue weighted by molar-refractivity contribution is 0.382. The van der Waals surface area contributed by atoms with E-state index in [0.29, 0.717) is 12.0 Å². The summed E-state index contributed by atoms with van der Waals surface area (Å²) in [5, 5.41) is 0. The van der Waals surface area contributed by atoms with Crippen LogP contribution < -0.4 is 15.4 Å². The van der Waals surface area contributed by atoms with Crippen molar-refractivity contribution in [2.24, 2.45) is 11.7 Å². The van der Waals surface area contributed by atoms with E-state index in [0.717, 1.165) is 29.7 Å². The first-order chi connectivity index (χ1) is 8.11. The van der Waals surface area contributed by atoms with Crippen LogP contribution in [-0.4, -0.2) is 26.2 Å². The van der Waals surface area contributed by atoms with E-state index in [1.807, 2.05) is 6.07 Å². The number of nitrogens with zero attached hydrogens (tertiary/aromatic N) is 1. The van der Waals surface area contributed by atoms with E-state index < -0.39 is 0 Å². The van der Waals surface area contributed by atoms with Gasteiger partial charge in [-0.2, -0.15) is 0 Å². The van der Waals surface area contributed by atoms with Gasteiger partial charge in [0.05, 0.1) is 11.6 Å². The topological polar surface area (TPSA) is 38.5 Å². The normalized spacial score (nSPS) is 24.8. The summed E-state index contributed by atoms with van der Waals surface area (Å²) in [5.74, 6) is 1.42. The zero-order chi connectivity index (χ0) is 12.4. The van der Waals surface area contributed by atoms with Crippen LogP contribution in [0.25, 0.3) is 0 Å². The summed E-state index contributed by atoms with van der Waals surface area (Å²) in [6, 6.07) is 6.56. The van der Waals surface area contributed by atoms with Gasteiger partial charge in [0.2, 0.25) is 0 Å². The molecule has 2 atom stereocenters. The molecule has 1 aliphatic rings. The molecule has 1 fully saturated rings. The Morgan fingerprint density at radius 3 is 2.82 bits per heavy atom. The minimum atomic E-state index is 0.341. The Labute approximate surface area is 111 Å². The largest absolute Gasteiger partial charge is 0.496 e. The van der Waals surface area contributed by atoms with Crippen LogP contribution >= 0.6 is 15.9 Å². The second-order valence-electron chi connectivity index (χ2n) is 4.69. The standard InChI is InChI=1S/C13H19BrN2O/c1-9-8-16(6-5-12(9)15)10-3-4-13(17-2)11(14)7-10/h3-4,7,9,12H,5-6,8,15H2,1-2H3. The lowest BCUT2D eigenvalue weighted by Gasteiger charge is -2.36. The van der Waals surface area contributed by atoms with Gasteiger partial charge in [-0.05, 0) is 46.5 Å². The van der Waals surface area contributed by atoms with E-state index in [2.05, 4.69) is 39.9 Å². The molecule has 3 nitrogen and oxygen atoms in total. The molecule has 1 aromatic rings. The van der Waals surface area contributed by atoms with Crippen LogP contribution in [0, 0.1) is 5.92 Å². The van der Waals surface area contributed by atoms with E-state index in [1.165, 1.54) is 5.69 Å². The monoisotopic (exact) mass is 298 g/mol. The first kappa shape index (κ1) is 12.7. The molecule has 4 heteroatoms. The molecule has 2 N–H and O–H groups in total. The van der Waals surface area contributed by atoms with Crippen LogP contribution in [0.5, 0.6) is 5.75 Å². The Balaban J connectivity index is 2.15. The molecule has 2 unspecified atom stereocenters. The molecule has 0 spiro atoms. The van der Waals surface area contributed by atoms with Crippen LogP contribution in [0.15, 0.2) is 22.7 Å². The lowest BCUT2D eigenvalue weighted by Crippen LogP contribution is -2.45. The van der Waals surface area contributed by atoms with Crippen molar-refractivity contribution in [1.29, 1.82) is 0 Å². The average molecular weight is 299 g/mol. The lowest BCUT2D eigenvalue weighted by atomic mass is 9.94. The highest BCUT2D eigenvalue weighted by Gasteiger charge is 2.23. The van der Waals surface area contributed by atoms with Gasteiger partial charge in [0, 0.05) is 24.8 Å². The van der Waals surface area contributed by atoms with Crippen molar-refractivity contribution in [3.05, 3.63) is 22.7 Å². The van der Waals surface area contributed by atoms with Gasteiger partial charge in [-0.1, -0.05) is 6.92 Å². The predicted octanol–water partition coefficient (Wildman–Crippen LogP) is 2.63. The minimum Gasteiger partial charge on any atom is -0.496 e. The number of rotatable bonds is 2. The molecule has 0 amide bonds. The zero-order valence-electron chi connectivity index (χ0n) is 10.3. The molecule has 0 radical (unpaired) electrons. The smallest absolute Gasteiger partial charge is 0.133 e. The van der Waals surface area contributed by atoms with Gasteiger partial charge in [-0.25, -0.2) is 0 Å². The summed E-state index contributed by atoms with van der Waals surface area (Å²) in [5.41, 5.74) is 7.27. The third-order valence-corrected chi connectivity index (χ3v) is 4.09. The highest BCUT2D eigenvalue weighted by molar-refractivity contribution is 9.10. The number of benzene rings is 1. The maximum atomic E-state index is 6.04. The molecular formula is C13H19BrN2O. The van der Waals surface area contributed by atoms with Gasteiger partial charge < -0.3 is 15.4 Å². The number of methoxy groups -OCH3 is 1. The number of ether oxygens (including phenoxy) is 1. The molecule has 17 heavy (non-hydrogen) atoms. The van der Waals surface area contributed by atoms with Crippen LogP contribution in [0.1, 0.15) is 13.3 Å². The Morgan fingerprint density at radius 2 is 2.24 bits per heavy atom. The molecule has 0 aliphatic carbocycles. The first-order valence-electron chi connectivity index (χ1n) is 5.96. The number of hydrogen-bond acceptors (Lipinski definition) is 3.